The molecule has 2 unspecified atom stereocenters. The highest BCUT2D eigenvalue weighted by atomic mass is 16.5. The molecule has 0 N–H and O–H groups in total. The maximum Gasteiger partial charge on any atom is 0.337 e. The summed E-state index contributed by atoms with van der Waals surface area (Å²) in [4.78, 5) is 24.0. The van der Waals surface area contributed by atoms with Gasteiger partial charge in [-0.05, 0) is 23.6 Å². The Balaban J connectivity index is 0.00000264. The van der Waals surface area contributed by atoms with Gasteiger partial charge in [0.05, 0.1) is 12.7 Å². The molecule has 2 aromatic carbocycles. The Morgan fingerprint density at radius 1 is 0.870 bits per heavy atom. The SMILES string of the molecule is C.COC(=O)c1ccc(C(=O)C(C)C(C)c2ccccc2)cc1. The Morgan fingerprint density at radius 2 is 1.39 bits per heavy atom. The molecule has 0 saturated carbocycles. The van der Waals surface area contributed by atoms with Gasteiger partial charge in [0.2, 0.25) is 0 Å². The average molecular weight is 312 g/mol. The van der Waals surface area contributed by atoms with Crippen LogP contribution < -0.4 is 0 Å². The summed E-state index contributed by atoms with van der Waals surface area (Å²) < 4.78 is 4.66. The Hall–Kier alpha value is -2.42. The van der Waals surface area contributed by atoms with Crippen molar-refractivity contribution in [3.63, 3.8) is 0 Å². The summed E-state index contributed by atoms with van der Waals surface area (Å²) in [6.45, 7) is 3.99. The number of carbonyl (C=O) groups excluding carboxylic acids is 2. The Labute approximate surface area is 138 Å². The predicted molar refractivity (Wildman–Crippen MR) is 92.9 cm³/mol. The van der Waals surface area contributed by atoms with Crippen LogP contribution in [-0.4, -0.2) is 18.9 Å². The predicted octanol–water partition coefficient (Wildman–Crippen LogP) is 4.73. The van der Waals surface area contributed by atoms with Gasteiger partial charge in [0.15, 0.2) is 5.78 Å². The first kappa shape index (κ1) is 18.6. The number of hydrogen-bond acceptors (Lipinski definition) is 3. The highest BCUT2D eigenvalue weighted by Crippen LogP contribution is 2.26. The number of hydrogen-bond donors (Lipinski definition) is 0. The van der Waals surface area contributed by atoms with E-state index in [9.17, 15) is 9.59 Å². The van der Waals surface area contributed by atoms with Crippen LogP contribution in [0.3, 0.4) is 0 Å². The summed E-state index contributed by atoms with van der Waals surface area (Å²) >= 11 is 0. The molecular weight excluding hydrogens is 288 g/mol. The molecule has 122 valence electrons. The van der Waals surface area contributed by atoms with Crippen molar-refractivity contribution in [1.29, 1.82) is 0 Å². The summed E-state index contributed by atoms with van der Waals surface area (Å²) in [6.07, 6.45) is 0. The molecule has 0 aliphatic carbocycles. The fourth-order valence-corrected chi connectivity index (χ4v) is 2.42. The number of ether oxygens (including phenoxy) is 1. The van der Waals surface area contributed by atoms with Crippen LogP contribution in [0.2, 0.25) is 0 Å². The van der Waals surface area contributed by atoms with Crippen LogP contribution in [0.5, 0.6) is 0 Å². The second-order valence-electron chi connectivity index (χ2n) is 5.42. The number of Topliss-reactive ketones (excluding diaryl/α,β-unsaturated/α-hetero) is 1. The van der Waals surface area contributed by atoms with Crippen molar-refractivity contribution in [3.8, 4) is 0 Å². The molecule has 2 atom stereocenters. The second kappa shape index (κ2) is 8.28. The van der Waals surface area contributed by atoms with Gasteiger partial charge in [-0.15, -0.1) is 0 Å². The number of methoxy groups -OCH3 is 1. The van der Waals surface area contributed by atoms with Crippen molar-refractivity contribution in [2.24, 2.45) is 5.92 Å². The molecule has 0 aromatic heterocycles. The van der Waals surface area contributed by atoms with Crippen LogP contribution in [-0.2, 0) is 4.74 Å². The van der Waals surface area contributed by atoms with Crippen LogP contribution >= 0.6 is 0 Å². The lowest BCUT2D eigenvalue weighted by Crippen LogP contribution is -2.18. The minimum atomic E-state index is -0.398. The minimum Gasteiger partial charge on any atom is -0.465 e. The molecule has 3 nitrogen and oxygen atoms in total. The van der Waals surface area contributed by atoms with E-state index in [2.05, 4.69) is 11.7 Å². The maximum absolute atomic E-state index is 12.6. The van der Waals surface area contributed by atoms with Crippen LogP contribution in [0.25, 0.3) is 0 Å². The van der Waals surface area contributed by atoms with Crippen molar-refractivity contribution in [1.82, 2.24) is 0 Å². The molecular formula is C20H24O3. The van der Waals surface area contributed by atoms with E-state index in [1.54, 1.807) is 24.3 Å². The molecule has 0 heterocycles. The fourth-order valence-electron chi connectivity index (χ4n) is 2.42. The van der Waals surface area contributed by atoms with Crippen LogP contribution in [0.1, 0.15) is 53.5 Å². The van der Waals surface area contributed by atoms with E-state index < -0.39 is 5.97 Å². The van der Waals surface area contributed by atoms with E-state index in [0.717, 1.165) is 5.56 Å². The number of benzene rings is 2. The van der Waals surface area contributed by atoms with Gasteiger partial charge in [0, 0.05) is 11.5 Å². The van der Waals surface area contributed by atoms with E-state index in [4.69, 9.17) is 0 Å². The Kier molecular flexibility index (Phi) is 6.70. The topological polar surface area (TPSA) is 43.4 Å². The number of carbonyl (C=O) groups is 2. The van der Waals surface area contributed by atoms with Crippen LogP contribution in [0.15, 0.2) is 54.6 Å². The zero-order chi connectivity index (χ0) is 16.1. The summed E-state index contributed by atoms with van der Waals surface area (Å²) in [6, 6.07) is 16.6. The molecule has 0 spiro atoms. The zero-order valence-electron chi connectivity index (χ0n) is 13.1. The minimum absolute atomic E-state index is 0. The molecule has 2 rings (SSSR count). The van der Waals surface area contributed by atoms with Crippen molar-refractivity contribution in [3.05, 3.63) is 71.3 Å². The monoisotopic (exact) mass is 312 g/mol. The number of rotatable bonds is 5. The van der Waals surface area contributed by atoms with E-state index in [1.165, 1.54) is 7.11 Å². The summed E-state index contributed by atoms with van der Waals surface area (Å²) in [5.41, 5.74) is 2.21. The lowest BCUT2D eigenvalue weighted by Gasteiger charge is -2.19. The highest BCUT2D eigenvalue weighted by Gasteiger charge is 2.22. The maximum atomic E-state index is 12.6. The third-order valence-corrected chi connectivity index (χ3v) is 4.08. The lowest BCUT2D eigenvalue weighted by atomic mass is 9.84. The molecule has 0 aliphatic heterocycles. The van der Waals surface area contributed by atoms with Crippen molar-refractivity contribution < 1.29 is 14.3 Å². The quantitative estimate of drug-likeness (QED) is 0.592. The third-order valence-electron chi connectivity index (χ3n) is 4.08. The van der Waals surface area contributed by atoms with Crippen LogP contribution in [0, 0.1) is 5.92 Å². The summed E-state index contributed by atoms with van der Waals surface area (Å²) in [5, 5.41) is 0. The van der Waals surface area contributed by atoms with E-state index in [0.29, 0.717) is 11.1 Å². The van der Waals surface area contributed by atoms with Crippen LogP contribution in [0.4, 0.5) is 0 Å². The highest BCUT2D eigenvalue weighted by molar-refractivity contribution is 5.99. The lowest BCUT2D eigenvalue weighted by molar-refractivity contribution is 0.0600. The molecule has 0 aliphatic rings. The normalized spacial score (nSPS) is 12.7. The van der Waals surface area contributed by atoms with E-state index in [-0.39, 0.29) is 25.0 Å². The molecule has 0 amide bonds. The summed E-state index contributed by atoms with van der Waals surface area (Å²) in [7, 11) is 1.34. The first-order valence-corrected chi connectivity index (χ1v) is 7.32. The Bertz CT molecular complexity index is 644. The molecule has 2 aromatic rings. The van der Waals surface area contributed by atoms with Crippen molar-refractivity contribution in [2.75, 3.05) is 7.11 Å². The van der Waals surface area contributed by atoms with Gasteiger partial charge in [-0.1, -0.05) is 63.7 Å². The smallest absolute Gasteiger partial charge is 0.337 e. The molecule has 0 fully saturated rings. The molecule has 0 bridgehead atoms. The standard InChI is InChI=1S/C19H20O3.CH4/c1-13(15-7-5-4-6-8-15)14(2)18(20)16-9-11-17(12-10-16)19(21)22-3;/h4-14H,1-3H3;1H4. The van der Waals surface area contributed by atoms with Gasteiger partial charge in [-0.2, -0.15) is 0 Å². The first-order valence-electron chi connectivity index (χ1n) is 7.32. The first-order chi connectivity index (χ1) is 10.5. The van der Waals surface area contributed by atoms with Crippen molar-refractivity contribution >= 4 is 11.8 Å². The van der Waals surface area contributed by atoms with Gasteiger partial charge >= 0.3 is 5.97 Å². The zero-order valence-corrected chi connectivity index (χ0v) is 13.1. The fraction of sp³-hybridized carbons (Fsp3) is 0.300. The largest absolute Gasteiger partial charge is 0.465 e. The molecule has 0 saturated heterocycles. The molecule has 3 heteroatoms. The van der Waals surface area contributed by atoms with Gasteiger partial charge in [0.1, 0.15) is 0 Å². The average Bonchev–Trinajstić information content (AvgIpc) is 2.60. The van der Waals surface area contributed by atoms with E-state index >= 15 is 0 Å². The number of esters is 1. The van der Waals surface area contributed by atoms with Crippen molar-refractivity contribution in [2.45, 2.75) is 27.2 Å². The number of ketones is 1. The molecule has 0 radical (unpaired) electrons. The summed E-state index contributed by atoms with van der Waals surface area (Å²) in [5.74, 6) is -0.321. The van der Waals surface area contributed by atoms with Gasteiger partial charge in [-0.25, -0.2) is 4.79 Å². The van der Waals surface area contributed by atoms with Gasteiger partial charge < -0.3 is 4.74 Å². The molecule has 23 heavy (non-hydrogen) atoms. The second-order valence-corrected chi connectivity index (χ2v) is 5.42. The van der Waals surface area contributed by atoms with Gasteiger partial charge in [0.25, 0.3) is 0 Å². The Morgan fingerprint density at radius 3 is 1.91 bits per heavy atom. The van der Waals surface area contributed by atoms with E-state index in [1.807, 2.05) is 37.3 Å². The third kappa shape index (κ3) is 4.28. The van der Waals surface area contributed by atoms with Gasteiger partial charge in [-0.3, -0.25) is 4.79 Å².